The number of amides is 2. The highest BCUT2D eigenvalue weighted by Gasteiger charge is 2.30. The van der Waals surface area contributed by atoms with E-state index in [0.29, 0.717) is 13.1 Å². The van der Waals surface area contributed by atoms with Crippen LogP contribution in [0, 0.1) is 0 Å². The average Bonchev–Trinajstić information content (AvgIpc) is 3.20. The van der Waals surface area contributed by atoms with E-state index in [1.165, 1.54) is 11.1 Å². The van der Waals surface area contributed by atoms with Crippen LogP contribution >= 0.6 is 0 Å². The van der Waals surface area contributed by atoms with Crippen molar-refractivity contribution in [2.24, 2.45) is 0 Å². The molecule has 2 atom stereocenters. The molecule has 182 valence electrons. The summed E-state index contributed by atoms with van der Waals surface area (Å²) >= 11 is 0. The van der Waals surface area contributed by atoms with Crippen LogP contribution in [0.5, 0.6) is 0 Å². The summed E-state index contributed by atoms with van der Waals surface area (Å²) in [5.41, 5.74) is 5.65. The average molecular weight is 473 g/mol. The maximum atomic E-state index is 13.2. The first-order valence-corrected chi connectivity index (χ1v) is 11.9. The fraction of sp³-hybridized carbons (Fsp3) is 0.310. The summed E-state index contributed by atoms with van der Waals surface area (Å²) in [5, 5.41) is 2.72. The number of rotatable bonds is 9. The summed E-state index contributed by atoms with van der Waals surface area (Å²) in [6.45, 7) is 4.65. The molecule has 0 aromatic heterocycles. The van der Waals surface area contributed by atoms with Crippen molar-refractivity contribution in [3.63, 3.8) is 0 Å². The fourth-order valence-electron chi connectivity index (χ4n) is 4.57. The number of carbonyl (C=O) groups excluding carboxylic acids is 2. The Morgan fingerprint density at radius 2 is 1.46 bits per heavy atom. The predicted octanol–water partition coefficient (Wildman–Crippen LogP) is 4.98. The van der Waals surface area contributed by atoms with Gasteiger partial charge in [-0.3, -0.25) is 4.79 Å². The molecule has 1 aliphatic carbocycles. The predicted molar refractivity (Wildman–Crippen MR) is 136 cm³/mol. The minimum atomic E-state index is -0.738. The zero-order chi connectivity index (χ0) is 24.8. The second-order valence-electron chi connectivity index (χ2n) is 8.94. The van der Waals surface area contributed by atoms with E-state index in [9.17, 15) is 9.59 Å². The zero-order valence-electron chi connectivity index (χ0n) is 20.4. The first-order chi connectivity index (χ1) is 17.0. The van der Waals surface area contributed by atoms with E-state index in [1.807, 2.05) is 61.5 Å². The van der Waals surface area contributed by atoms with Gasteiger partial charge in [-0.1, -0.05) is 78.9 Å². The van der Waals surface area contributed by atoms with Crippen molar-refractivity contribution < 1.29 is 19.1 Å². The summed E-state index contributed by atoms with van der Waals surface area (Å²) in [7, 11) is 1.62. The Hall–Kier alpha value is -3.64. The molecule has 3 aromatic carbocycles. The number of alkyl carbamates (subject to hydrolysis) is 1. The number of ether oxygens (including phenoxy) is 2. The Kier molecular flexibility index (Phi) is 7.83. The van der Waals surface area contributed by atoms with Gasteiger partial charge in [-0.15, -0.1) is 0 Å². The van der Waals surface area contributed by atoms with Crippen LogP contribution in [-0.4, -0.2) is 49.3 Å². The summed E-state index contributed by atoms with van der Waals surface area (Å²) in [6, 6.07) is 25.4. The third-order valence-corrected chi connectivity index (χ3v) is 6.46. The maximum Gasteiger partial charge on any atom is 0.407 e. The molecule has 0 bridgehead atoms. The lowest BCUT2D eigenvalue weighted by Crippen LogP contribution is -2.48. The SMILES string of the molecule is COC(C)CN(Cc1ccccc1)C(=O)C(C)NC(=O)OCC1c2ccccc2-c2ccccc21. The van der Waals surface area contributed by atoms with Crippen LogP contribution in [-0.2, 0) is 20.8 Å². The minimum Gasteiger partial charge on any atom is -0.449 e. The van der Waals surface area contributed by atoms with E-state index in [1.54, 1.807) is 18.9 Å². The maximum absolute atomic E-state index is 13.2. The highest BCUT2D eigenvalue weighted by atomic mass is 16.5. The van der Waals surface area contributed by atoms with Crippen molar-refractivity contribution in [2.75, 3.05) is 20.3 Å². The van der Waals surface area contributed by atoms with Crippen LogP contribution in [0.25, 0.3) is 11.1 Å². The minimum absolute atomic E-state index is 0.0312. The second-order valence-corrected chi connectivity index (χ2v) is 8.94. The lowest BCUT2D eigenvalue weighted by Gasteiger charge is -2.28. The van der Waals surface area contributed by atoms with Crippen LogP contribution in [0.3, 0.4) is 0 Å². The molecular formula is C29H32N2O4. The molecule has 0 saturated carbocycles. The van der Waals surface area contributed by atoms with Gasteiger partial charge in [0.25, 0.3) is 0 Å². The molecule has 35 heavy (non-hydrogen) atoms. The van der Waals surface area contributed by atoms with Crippen molar-refractivity contribution in [1.29, 1.82) is 0 Å². The van der Waals surface area contributed by atoms with Gasteiger partial charge in [0.15, 0.2) is 0 Å². The van der Waals surface area contributed by atoms with Gasteiger partial charge in [-0.2, -0.15) is 0 Å². The van der Waals surface area contributed by atoms with Crippen LogP contribution in [0.1, 0.15) is 36.5 Å². The monoisotopic (exact) mass is 472 g/mol. The smallest absolute Gasteiger partial charge is 0.407 e. The van der Waals surface area contributed by atoms with Gasteiger partial charge in [-0.25, -0.2) is 4.79 Å². The molecule has 4 rings (SSSR count). The van der Waals surface area contributed by atoms with E-state index in [-0.39, 0.29) is 24.5 Å². The van der Waals surface area contributed by atoms with Crippen molar-refractivity contribution in [3.05, 3.63) is 95.6 Å². The molecule has 0 heterocycles. The molecule has 3 aromatic rings. The van der Waals surface area contributed by atoms with Crippen LogP contribution < -0.4 is 5.32 Å². The standard InChI is InChI=1S/C29H32N2O4/c1-20(34-3)17-31(18-22-11-5-4-6-12-22)28(32)21(2)30-29(33)35-19-27-25-15-9-7-13-23(25)24-14-8-10-16-26(24)27/h4-16,20-21,27H,17-19H2,1-3H3,(H,30,33). The van der Waals surface area contributed by atoms with Crippen molar-refractivity contribution in [1.82, 2.24) is 10.2 Å². The molecule has 2 amide bonds. The fourth-order valence-corrected chi connectivity index (χ4v) is 4.57. The van der Waals surface area contributed by atoms with Crippen molar-refractivity contribution in [2.45, 2.75) is 38.5 Å². The summed E-state index contributed by atoms with van der Waals surface area (Å²) < 4.78 is 11.0. The molecule has 6 nitrogen and oxygen atoms in total. The second kappa shape index (κ2) is 11.2. The number of carbonyl (C=O) groups is 2. The molecule has 1 aliphatic rings. The number of nitrogens with one attached hydrogen (secondary N) is 1. The first-order valence-electron chi connectivity index (χ1n) is 11.9. The molecule has 0 aliphatic heterocycles. The largest absolute Gasteiger partial charge is 0.449 e. The molecule has 6 heteroatoms. The quantitative estimate of drug-likeness (QED) is 0.477. The Labute approximate surface area is 206 Å². The number of hydrogen-bond acceptors (Lipinski definition) is 4. The highest BCUT2D eigenvalue weighted by molar-refractivity contribution is 5.85. The molecule has 2 unspecified atom stereocenters. The van der Waals surface area contributed by atoms with E-state index in [2.05, 4.69) is 29.6 Å². The van der Waals surface area contributed by atoms with Crippen molar-refractivity contribution >= 4 is 12.0 Å². The van der Waals surface area contributed by atoms with Gasteiger partial charge in [0.05, 0.1) is 6.10 Å². The van der Waals surface area contributed by atoms with Crippen LogP contribution in [0.15, 0.2) is 78.9 Å². The Bertz CT molecular complexity index is 1120. The third kappa shape index (κ3) is 5.72. The summed E-state index contributed by atoms with van der Waals surface area (Å²) in [5.74, 6) is -0.220. The van der Waals surface area contributed by atoms with Gasteiger partial charge in [0.2, 0.25) is 5.91 Å². The Balaban J connectivity index is 1.38. The molecule has 1 N–H and O–H groups in total. The Morgan fingerprint density at radius 1 is 0.886 bits per heavy atom. The number of methoxy groups -OCH3 is 1. The lowest BCUT2D eigenvalue weighted by atomic mass is 9.98. The van der Waals surface area contributed by atoms with Crippen molar-refractivity contribution in [3.8, 4) is 11.1 Å². The van der Waals surface area contributed by atoms with E-state index >= 15 is 0 Å². The number of benzene rings is 3. The van der Waals surface area contributed by atoms with Gasteiger partial charge >= 0.3 is 6.09 Å². The Morgan fingerprint density at radius 3 is 2.06 bits per heavy atom. The number of nitrogens with zero attached hydrogens (tertiary/aromatic N) is 1. The molecular weight excluding hydrogens is 440 g/mol. The molecule has 0 radical (unpaired) electrons. The normalized spacial score (nSPS) is 13.9. The summed E-state index contributed by atoms with van der Waals surface area (Å²) in [4.78, 5) is 27.6. The molecule has 0 fully saturated rings. The van der Waals surface area contributed by atoms with Gasteiger partial charge in [0, 0.05) is 26.1 Å². The lowest BCUT2D eigenvalue weighted by molar-refractivity contribution is -0.135. The number of fused-ring (bicyclic) bond motifs is 3. The molecule has 0 spiro atoms. The third-order valence-electron chi connectivity index (χ3n) is 6.46. The van der Waals surface area contributed by atoms with Gasteiger partial charge in [0.1, 0.15) is 12.6 Å². The van der Waals surface area contributed by atoms with E-state index in [4.69, 9.17) is 9.47 Å². The van der Waals surface area contributed by atoms with Gasteiger partial charge in [-0.05, 0) is 41.7 Å². The zero-order valence-corrected chi connectivity index (χ0v) is 20.4. The highest BCUT2D eigenvalue weighted by Crippen LogP contribution is 2.44. The first kappa shape index (κ1) is 24.5. The summed E-state index contributed by atoms with van der Waals surface area (Å²) in [6.07, 6.45) is -0.739. The van der Waals surface area contributed by atoms with Crippen LogP contribution in [0.2, 0.25) is 0 Å². The van der Waals surface area contributed by atoms with E-state index in [0.717, 1.165) is 16.7 Å². The van der Waals surface area contributed by atoms with Crippen LogP contribution in [0.4, 0.5) is 4.79 Å². The topological polar surface area (TPSA) is 67.9 Å². The van der Waals surface area contributed by atoms with Gasteiger partial charge < -0.3 is 19.7 Å². The molecule has 0 saturated heterocycles. The number of hydrogen-bond donors (Lipinski definition) is 1. The van der Waals surface area contributed by atoms with E-state index < -0.39 is 12.1 Å².